The largest absolute Gasteiger partial charge is 0.390 e. The fourth-order valence-electron chi connectivity index (χ4n) is 3.11. The molecule has 2 N–H and O–H groups in total. The number of halogens is 3. The quantitative estimate of drug-likeness (QED) is 0.688. The van der Waals surface area contributed by atoms with E-state index in [4.69, 9.17) is 11.6 Å². The Morgan fingerprint density at radius 1 is 1.34 bits per heavy atom. The number of aliphatic hydroxyl groups is 1. The lowest BCUT2D eigenvalue weighted by atomic mass is 9.98. The number of anilines is 1. The molecule has 1 aliphatic rings. The molecule has 0 aromatic carbocycles. The summed E-state index contributed by atoms with van der Waals surface area (Å²) in [6.07, 6.45) is 0.426. The summed E-state index contributed by atoms with van der Waals surface area (Å²) >= 11 is 6.18. The van der Waals surface area contributed by atoms with Crippen molar-refractivity contribution in [2.45, 2.75) is 51.0 Å². The van der Waals surface area contributed by atoms with Crippen LogP contribution in [-0.4, -0.2) is 68.4 Å². The van der Waals surface area contributed by atoms with Gasteiger partial charge in [-0.25, -0.2) is 22.9 Å². The SMILES string of the molecule is CC(C)C(C)c1nc(Cl)c2cnc(N[C@@H]3CCN(S(=O)(=O)C(F)F)C[C@H]3O)nn12. The van der Waals surface area contributed by atoms with E-state index in [0.29, 0.717) is 21.6 Å². The van der Waals surface area contributed by atoms with Gasteiger partial charge in [0.25, 0.3) is 10.0 Å². The summed E-state index contributed by atoms with van der Waals surface area (Å²) in [5.41, 5.74) is 0.540. The van der Waals surface area contributed by atoms with E-state index in [1.54, 1.807) is 4.52 Å². The summed E-state index contributed by atoms with van der Waals surface area (Å²) in [6, 6.07) is -0.596. The highest BCUT2D eigenvalue weighted by Crippen LogP contribution is 2.27. The smallest absolute Gasteiger partial charge is 0.350 e. The van der Waals surface area contributed by atoms with Gasteiger partial charge in [0.15, 0.2) is 5.15 Å². The highest BCUT2D eigenvalue weighted by Gasteiger charge is 2.38. The molecule has 1 saturated heterocycles. The summed E-state index contributed by atoms with van der Waals surface area (Å²) in [5, 5.41) is 17.9. The van der Waals surface area contributed by atoms with Crippen LogP contribution in [0.2, 0.25) is 5.15 Å². The zero-order valence-electron chi connectivity index (χ0n) is 16.1. The van der Waals surface area contributed by atoms with Gasteiger partial charge in [0, 0.05) is 19.0 Å². The number of aromatic nitrogens is 4. The summed E-state index contributed by atoms with van der Waals surface area (Å²) < 4.78 is 50.8. The molecule has 13 heteroatoms. The number of nitrogens with one attached hydrogen (secondary N) is 1. The molecule has 0 amide bonds. The standard InChI is InChI=1S/C16H23ClF2N6O3S/c1-8(2)9(3)14-22-13(17)11-6-20-16(23-25(11)14)21-10-4-5-24(7-12(10)26)29(27,28)15(18)19/h6,8-10,12,15,26H,4-5,7H2,1-3H3,(H,21,23)/t9?,10-,12-/m1/s1. The van der Waals surface area contributed by atoms with Crippen LogP contribution in [0.3, 0.4) is 0 Å². The minimum absolute atomic E-state index is 0.0751. The number of β-amino-alcohol motifs (C(OH)–C–C–N with tert-alkyl or cyclic N) is 1. The molecule has 1 aliphatic heterocycles. The molecule has 0 saturated carbocycles. The number of piperidine rings is 1. The molecule has 0 bridgehead atoms. The number of imidazole rings is 1. The molecule has 0 aliphatic carbocycles. The minimum atomic E-state index is -4.72. The van der Waals surface area contributed by atoms with Crippen LogP contribution in [0.15, 0.2) is 6.20 Å². The zero-order valence-corrected chi connectivity index (χ0v) is 17.7. The van der Waals surface area contributed by atoms with E-state index in [-0.39, 0.29) is 30.0 Å². The van der Waals surface area contributed by atoms with Crippen LogP contribution >= 0.6 is 11.6 Å². The molecule has 162 valence electrons. The first-order valence-corrected chi connectivity index (χ1v) is 11.0. The molecule has 1 unspecified atom stereocenters. The van der Waals surface area contributed by atoms with Crippen LogP contribution in [-0.2, 0) is 10.0 Å². The number of nitrogens with zero attached hydrogens (tertiary/aromatic N) is 5. The van der Waals surface area contributed by atoms with Gasteiger partial charge in [0.05, 0.1) is 18.3 Å². The molecule has 0 radical (unpaired) electrons. The average molecular weight is 453 g/mol. The first kappa shape index (κ1) is 22.1. The Morgan fingerprint density at radius 2 is 2.03 bits per heavy atom. The van der Waals surface area contributed by atoms with E-state index in [1.807, 2.05) is 6.92 Å². The predicted molar refractivity (Wildman–Crippen MR) is 104 cm³/mol. The van der Waals surface area contributed by atoms with Crippen LogP contribution in [0, 0.1) is 5.92 Å². The first-order valence-electron chi connectivity index (χ1n) is 9.15. The number of hydrogen-bond acceptors (Lipinski definition) is 7. The topological polar surface area (TPSA) is 113 Å². The lowest BCUT2D eigenvalue weighted by Crippen LogP contribution is -2.52. The maximum absolute atomic E-state index is 12.7. The maximum atomic E-state index is 12.7. The molecule has 2 aromatic rings. The second-order valence-electron chi connectivity index (χ2n) is 7.44. The van der Waals surface area contributed by atoms with Crippen LogP contribution in [0.5, 0.6) is 0 Å². The van der Waals surface area contributed by atoms with Crippen molar-refractivity contribution in [1.29, 1.82) is 0 Å². The van der Waals surface area contributed by atoms with Crippen molar-refractivity contribution in [2.75, 3.05) is 18.4 Å². The van der Waals surface area contributed by atoms with E-state index >= 15 is 0 Å². The fourth-order valence-corrected chi connectivity index (χ4v) is 4.27. The number of hydrogen-bond donors (Lipinski definition) is 2. The third-order valence-electron chi connectivity index (χ3n) is 5.22. The van der Waals surface area contributed by atoms with Gasteiger partial charge in [0.2, 0.25) is 5.95 Å². The van der Waals surface area contributed by atoms with E-state index in [9.17, 15) is 22.3 Å². The molecule has 29 heavy (non-hydrogen) atoms. The molecular weight excluding hydrogens is 430 g/mol. The third kappa shape index (κ3) is 4.30. The third-order valence-corrected chi connectivity index (χ3v) is 7.00. The minimum Gasteiger partial charge on any atom is -0.390 e. The number of rotatable bonds is 6. The number of sulfonamides is 1. The van der Waals surface area contributed by atoms with Crippen LogP contribution in [0.1, 0.15) is 38.9 Å². The monoisotopic (exact) mass is 452 g/mol. The van der Waals surface area contributed by atoms with Crippen LogP contribution < -0.4 is 5.32 Å². The van der Waals surface area contributed by atoms with Crippen molar-refractivity contribution in [3.8, 4) is 0 Å². The van der Waals surface area contributed by atoms with Crippen LogP contribution in [0.4, 0.5) is 14.7 Å². The van der Waals surface area contributed by atoms with E-state index < -0.39 is 34.5 Å². The number of fused-ring (bicyclic) bond motifs is 1. The van der Waals surface area contributed by atoms with Crippen molar-refractivity contribution >= 4 is 33.1 Å². The Hall–Kier alpha value is -1.63. The van der Waals surface area contributed by atoms with Crippen molar-refractivity contribution in [3.05, 3.63) is 17.2 Å². The van der Waals surface area contributed by atoms with E-state index in [2.05, 4.69) is 34.2 Å². The second kappa shape index (κ2) is 8.25. The summed E-state index contributed by atoms with van der Waals surface area (Å²) in [5.74, 6) is -2.28. The Kier molecular flexibility index (Phi) is 6.27. The van der Waals surface area contributed by atoms with Crippen molar-refractivity contribution in [2.24, 2.45) is 5.92 Å². The molecule has 9 nitrogen and oxygen atoms in total. The van der Waals surface area contributed by atoms with Crippen LogP contribution in [0.25, 0.3) is 5.52 Å². The predicted octanol–water partition coefficient (Wildman–Crippen LogP) is 1.94. The van der Waals surface area contributed by atoms with E-state index in [1.165, 1.54) is 6.20 Å². The Morgan fingerprint density at radius 3 is 2.62 bits per heavy atom. The number of aliphatic hydroxyl groups excluding tert-OH is 1. The highest BCUT2D eigenvalue weighted by atomic mass is 35.5. The zero-order chi connectivity index (χ0) is 21.5. The molecular formula is C16H23ClF2N6O3S. The van der Waals surface area contributed by atoms with Crippen molar-refractivity contribution < 1.29 is 22.3 Å². The summed E-state index contributed by atoms with van der Waals surface area (Å²) in [7, 11) is -4.72. The van der Waals surface area contributed by atoms with Crippen molar-refractivity contribution in [1.82, 2.24) is 23.9 Å². The fraction of sp³-hybridized carbons (Fsp3) is 0.688. The van der Waals surface area contributed by atoms with Gasteiger partial charge in [-0.2, -0.15) is 13.1 Å². The molecule has 3 atom stereocenters. The van der Waals surface area contributed by atoms with Gasteiger partial charge in [0.1, 0.15) is 11.3 Å². The Bertz CT molecular complexity index is 986. The van der Waals surface area contributed by atoms with Gasteiger partial charge in [-0.1, -0.05) is 32.4 Å². The first-order chi connectivity index (χ1) is 13.5. The Balaban J connectivity index is 1.80. The normalized spacial score (nSPS) is 22.5. The van der Waals surface area contributed by atoms with Gasteiger partial charge >= 0.3 is 5.76 Å². The molecule has 3 heterocycles. The van der Waals surface area contributed by atoms with Gasteiger partial charge in [-0.05, 0) is 12.3 Å². The maximum Gasteiger partial charge on any atom is 0.350 e. The van der Waals surface area contributed by atoms with Gasteiger partial charge < -0.3 is 10.4 Å². The average Bonchev–Trinajstić information content (AvgIpc) is 2.98. The highest BCUT2D eigenvalue weighted by molar-refractivity contribution is 7.89. The van der Waals surface area contributed by atoms with Crippen molar-refractivity contribution in [3.63, 3.8) is 0 Å². The summed E-state index contributed by atoms with van der Waals surface area (Å²) in [6.45, 7) is 5.54. The summed E-state index contributed by atoms with van der Waals surface area (Å²) in [4.78, 5) is 8.55. The van der Waals surface area contributed by atoms with Gasteiger partial charge in [-0.3, -0.25) is 0 Å². The number of alkyl halides is 2. The lowest BCUT2D eigenvalue weighted by Gasteiger charge is -2.35. The molecule has 2 aromatic heterocycles. The molecule has 1 fully saturated rings. The Labute approximate surface area is 172 Å². The van der Waals surface area contributed by atoms with Gasteiger partial charge in [-0.15, -0.1) is 5.10 Å². The molecule has 0 spiro atoms. The molecule has 3 rings (SSSR count). The second-order valence-corrected chi connectivity index (χ2v) is 9.70. The van der Waals surface area contributed by atoms with E-state index in [0.717, 1.165) is 0 Å². The lowest BCUT2D eigenvalue weighted by molar-refractivity contribution is 0.0904.